The van der Waals surface area contributed by atoms with E-state index in [9.17, 15) is 4.79 Å². The SMILES string of the molecule is Cc1c(C(N)=O)cc(-c2ccc(C#N)cc2)n1Cc1ccccc1Cl. The first-order chi connectivity index (χ1) is 12.0. The Morgan fingerprint density at radius 3 is 2.48 bits per heavy atom. The average molecular weight is 350 g/mol. The molecule has 0 aliphatic heterocycles. The van der Waals surface area contributed by atoms with E-state index >= 15 is 0 Å². The van der Waals surface area contributed by atoms with Gasteiger partial charge in [0.2, 0.25) is 0 Å². The van der Waals surface area contributed by atoms with Crippen LogP contribution < -0.4 is 5.73 Å². The molecule has 2 aromatic carbocycles. The smallest absolute Gasteiger partial charge is 0.250 e. The van der Waals surface area contributed by atoms with E-state index in [-0.39, 0.29) is 0 Å². The Kier molecular flexibility index (Phi) is 4.60. The van der Waals surface area contributed by atoms with E-state index in [0.29, 0.717) is 22.7 Å². The van der Waals surface area contributed by atoms with Crippen molar-refractivity contribution in [3.8, 4) is 17.3 Å². The first kappa shape index (κ1) is 16.8. The highest BCUT2D eigenvalue weighted by atomic mass is 35.5. The second-order valence-corrected chi connectivity index (χ2v) is 6.17. The molecule has 0 bridgehead atoms. The summed E-state index contributed by atoms with van der Waals surface area (Å²) in [5, 5.41) is 9.64. The van der Waals surface area contributed by atoms with Crippen LogP contribution in [0.15, 0.2) is 54.6 Å². The summed E-state index contributed by atoms with van der Waals surface area (Å²) < 4.78 is 2.02. The van der Waals surface area contributed by atoms with Gasteiger partial charge < -0.3 is 10.3 Å². The molecule has 0 spiro atoms. The first-order valence-electron chi connectivity index (χ1n) is 7.75. The van der Waals surface area contributed by atoms with Gasteiger partial charge in [0, 0.05) is 23.0 Å². The maximum Gasteiger partial charge on any atom is 0.250 e. The number of hydrogen-bond acceptors (Lipinski definition) is 2. The van der Waals surface area contributed by atoms with Crippen LogP contribution in [0.3, 0.4) is 0 Å². The van der Waals surface area contributed by atoms with Crippen LogP contribution in [-0.4, -0.2) is 10.5 Å². The summed E-state index contributed by atoms with van der Waals surface area (Å²) in [5.41, 5.74) is 10.1. The number of carbonyl (C=O) groups excluding carboxylic acids is 1. The van der Waals surface area contributed by atoms with Crippen molar-refractivity contribution in [1.29, 1.82) is 5.26 Å². The number of amides is 1. The van der Waals surface area contributed by atoms with Gasteiger partial charge in [-0.15, -0.1) is 0 Å². The number of halogens is 1. The van der Waals surface area contributed by atoms with E-state index in [0.717, 1.165) is 22.5 Å². The number of hydrogen-bond donors (Lipinski definition) is 1. The van der Waals surface area contributed by atoms with Crippen LogP contribution >= 0.6 is 11.6 Å². The van der Waals surface area contributed by atoms with Crippen LogP contribution in [0.2, 0.25) is 5.02 Å². The highest BCUT2D eigenvalue weighted by molar-refractivity contribution is 6.31. The molecule has 0 radical (unpaired) electrons. The van der Waals surface area contributed by atoms with Crippen LogP contribution in [0.1, 0.15) is 27.2 Å². The Balaban J connectivity index is 2.13. The third-order valence-corrected chi connectivity index (χ3v) is 4.60. The van der Waals surface area contributed by atoms with E-state index in [1.165, 1.54) is 0 Å². The minimum absolute atomic E-state index is 0.467. The Morgan fingerprint density at radius 1 is 1.20 bits per heavy atom. The van der Waals surface area contributed by atoms with Gasteiger partial charge in [-0.2, -0.15) is 5.26 Å². The van der Waals surface area contributed by atoms with Crippen LogP contribution in [0.25, 0.3) is 11.3 Å². The van der Waals surface area contributed by atoms with Crippen LogP contribution in [-0.2, 0) is 6.54 Å². The van der Waals surface area contributed by atoms with Crippen molar-refractivity contribution in [3.63, 3.8) is 0 Å². The quantitative estimate of drug-likeness (QED) is 0.769. The highest BCUT2D eigenvalue weighted by Gasteiger charge is 2.17. The van der Waals surface area contributed by atoms with Gasteiger partial charge in [0.1, 0.15) is 0 Å². The van der Waals surface area contributed by atoms with E-state index in [4.69, 9.17) is 22.6 Å². The van der Waals surface area contributed by atoms with E-state index in [1.807, 2.05) is 47.9 Å². The molecule has 1 heterocycles. The topological polar surface area (TPSA) is 71.8 Å². The molecule has 0 saturated heterocycles. The lowest BCUT2D eigenvalue weighted by Crippen LogP contribution is -2.12. The highest BCUT2D eigenvalue weighted by Crippen LogP contribution is 2.28. The van der Waals surface area contributed by atoms with Crippen molar-refractivity contribution >= 4 is 17.5 Å². The molecule has 0 unspecified atom stereocenters. The Hall–Kier alpha value is -3.03. The summed E-state index contributed by atoms with van der Waals surface area (Å²) in [6, 6.07) is 18.7. The maximum atomic E-state index is 11.8. The zero-order valence-corrected chi connectivity index (χ0v) is 14.4. The lowest BCUT2D eigenvalue weighted by molar-refractivity contribution is 0.0999. The minimum Gasteiger partial charge on any atom is -0.366 e. The molecule has 3 aromatic rings. The predicted molar refractivity (Wildman–Crippen MR) is 98.4 cm³/mol. The number of aromatic nitrogens is 1. The molecule has 0 saturated carbocycles. The lowest BCUT2D eigenvalue weighted by atomic mass is 10.1. The predicted octanol–water partition coefficient (Wildman–Crippen LogP) is 4.14. The zero-order chi connectivity index (χ0) is 18.0. The minimum atomic E-state index is -0.467. The number of primary amides is 1. The fourth-order valence-corrected chi connectivity index (χ4v) is 3.05. The fourth-order valence-electron chi connectivity index (χ4n) is 2.85. The average Bonchev–Trinajstić information content (AvgIpc) is 2.94. The molecule has 4 nitrogen and oxygen atoms in total. The summed E-state index contributed by atoms with van der Waals surface area (Å²) in [7, 11) is 0. The molecular formula is C20H16ClN3O. The van der Waals surface area contributed by atoms with Gasteiger partial charge in [-0.1, -0.05) is 41.9 Å². The molecule has 25 heavy (non-hydrogen) atoms. The molecule has 3 rings (SSSR count). The third kappa shape index (κ3) is 3.28. The van der Waals surface area contributed by atoms with Gasteiger partial charge >= 0.3 is 0 Å². The van der Waals surface area contributed by atoms with E-state index in [2.05, 4.69) is 6.07 Å². The summed E-state index contributed by atoms with van der Waals surface area (Å²) in [5.74, 6) is -0.467. The number of nitrogens with zero attached hydrogens (tertiary/aromatic N) is 2. The van der Waals surface area contributed by atoms with E-state index in [1.54, 1.807) is 18.2 Å². The summed E-state index contributed by atoms with van der Waals surface area (Å²) >= 11 is 6.29. The molecule has 2 N–H and O–H groups in total. The second-order valence-electron chi connectivity index (χ2n) is 5.76. The molecule has 1 aromatic heterocycles. The standard InChI is InChI=1S/C20H16ClN3O/c1-13-17(20(23)25)10-19(15-8-6-14(11-22)7-9-15)24(13)12-16-4-2-3-5-18(16)21/h2-10H,12H2,1H3,(H2,23,25). The van der Waals surface area contributed by atoms with Crippen molar-refractivity contribution in [2.24, 2.45) is 5.73 Å². The van der Waals surface area contributed by atoms with Gasteiger partial charge in [0.15, 0.2) is 0 Å². The Bertz CT molecular complexity index is 981. The third-order valence-electron chi connectivity index (χ3n) is 4.23. The monoisotopic (exact) mass is 349 g/mol. The molecule has 0 aliphatic carbocycles. The first-order valence-corrected chi connectivity index (χ1v) is 8.13. The number of rotatable bonds is 4. The van der Waals surface area contributed by atoms with Gasteiger partial charge in [0.05, 0.1) is 17.2 Å². The van der Waals surface area contributed by atoms with Gasteiger partial charge in [-0.3, -0.25) is 4.79 Å². The Morgan fingerprint density at radius 2 is 1.88 bits per heavy atom. The molecule has 1 amide bonds. The Labute approximate surface area is 151 Å². The number of nitriles is 1. The summed E-state index contributed by atoms with van der Waals surface area (Å²) in [4.78, 5) is 11.8. The van der Waals surface area contributed by atoms with Crippen molar-refractivity contribution in [1.82, 2.24) is 4.57 Å². The molecule has 0 atom stereocenters. The lowest BCUT2D eigenvalue weighted by Gasteiger charge is -2.13. The largest absolute Gasteiger partial charge is 0.366 e. The number of carbonyl (C=O) groups is 1. The molecule has 0 aliphatic rings. The van der Waals surface area contributed by atoms with Crippen molar-refractivity contribution in [2.45, 2.75) is 13.5 Å². The molecule has 124 valence electrons. The van der Waals surface area contributed by atoms with Crippen molar-refractivity contribution in [2.75, 3.05) is 0 Å². The van der Waals surface area contributed by atoms with E-state index < -0.39 is 5.91 Å². The van der Waals surface area contributed by atoms with Gasteiger partial charge in [-0.25, -0.2) is 0 Å². The fraction of sp³-hybridized carbons (Fsp3) is 0.100. The zero-order valence-electron chi connectivity index (χ0n) is 13.7. The normalized spacial score (nSPS) is 10.4. The van der Waals surface area contributed by atoms with Crippen LogP contribution in [0.4, 0.5) is 0 Å². The van der Waals surface area contributed by atoms with Crippen LogP contribution in [0, 0.1) is 18.3 Å². The maximum absolute atomic E-state index is 11.8. The number of benzene rings is 2. The molecular weight excluding hydrogens is 334 g/mol. The molecule has 0 fully saturated rings. The number of nitrogens with two attached hydrogens (primary N) is 1. The van der Waals surface area contributed by atoms with Crippen molar-refractivity contribution < 1.29 is 4.79 Å². The van der Waals surface area contributed by atoms with Gasteiger partial charge in [-0.05, 0) is 42.3 Å². The molecule has 5 heteroatoms. The van der Waals surface area contributed by atoms with Crippen molar-refractivity contribution in [3.05, 3.63) is 82.0 Å². The second kappa shape index (κ2) is 6.84. The van der Waals surface area contributed by atoms with Crippen LogP contribution in [0.5, 0.6) is 0 Å². The summed E-state index contributed by atoms with van der Waals surface area (Å²) in [6.07, 6.45) is 0. The van der Waals surface area contributed by atoms with Gasteiger partial charge in [0.25, 0.3) is 5.91 Å². The summed E-state index contributed by atoms with van der Waals surface area (Å²) in [6.45, 7) is 2.39.